The molecule has 0 saturated heterocycles. The summed E-state index contributed by atoms with van der Waals surface area (Å²) in [6, 6.07) is 4.68. The van der Waals surface area contributed by atoms with Crippen LogP contribution in [-0.2, 0) is 9.53 Å². The molecule has 0 aromatic heterocycles. The number of benzene rings is 1. The van der Waals surface area contributed by atoms with Gasteiger partial charge in [0, 0.05) is 13.7 Å². The molecule has 0 radical (unpaired) electrons. The third-order valence-electron chi connectivity index (χ3n) is 2.25. The highest BCUT2D eigenvalue weighted by Crippen LogP contribution is 2.18. The van der Waals surface area contributed by atoms with Crippen molar-refractivity contribution in [2.24, 2.45) is 0 Å². The Kier molecular flexibility index (Phi) is 5.59. The van der Waals surface area contributed by atoms with Gasteiger partial charge in [0.05, 0.1) is 18.8 Å². The Balaban J connectivity index is 2.45. The normalized spacial score (nSPS) is 10.3. The predicted molar refractivity (Wildman–Crippen MR) is 64.5 cm³/mol. The fraction of sp³-hybridized carbons (Fsp3) is 0.417. The van der Waals surface area contributed by atoms with E-state index in [1.54, 1.807) is 26.2 Å². The first kappa shape index (κ1) is 13.6. The minimum atomic E-state index is -0.421. The van der Waals surface area contributed by atoms with Crippen molar-refractivity contribution in [3.63, 3.8) is 0 Å². The maximum Gasteiger partial charge on any atom is 0.238 e. The molecule has 4 nitrogen and oxygen atoms in total. The van der Waals surface area contributed by atoms with Crippen molar-refractivity contribution in [2.75, 3.05) is 32.1 Å². The smallest absolute Gasteiger partial charge is 0.238 e. The number of ether oxygens (including phenoxy) is 1. The monoisotopic (exact) mass is 240 g/mol. The van der Waals surface area contributed by atoms with E-state index in [1.165, 1.54) is 6.07 Å². The van der Waals surface area contributed by atoms with Crippen LogP contribution < -0.4 is 10.6 Å². The van der Waals surface area contributed by atoms with Gasteiger partial charge in [0.15, 0.2) is 0 Å². The Bertz CT molecular complexity index is 363. The Hall–Kier alpha value is -1.46. The maximum absolute atomic E-state index is 13.4. The Morgan fingerprint density at radius 3 is 2.88 bits per heavy atom. The van der Waals surface area contributed by atoms with Crippen molar-refractivity contribution in [3.8, 4) is 0 Å². The summed E-state index contributed by atoms with van der Waals surface area (Å²) in [4.78, 5) is 11.5. The van der Waals surface area contributed by atoms with Crippen LogP contribution in [0.4, 0.5) is 10.1 Å². The van der Waals surface area contributed by atoms with Gasteiger partial charge in [-0.2, -0.15) is 0 Å². The topological polar surface area (TPSA) is 50.4 Å². The standard InChI is InChI=1S/C12H17FN2O2/c1-9-4-3-5-10(13)12(9)15-11(16)8-14-6-7-17-2/h3-5,14H,6-8H2,1-2H3,(H,15,16). The van der Waals surface area contributed by atoms with E-state index in [0.29, 0.717) is 18.7 Å². The first-order chi connectivity index (χ1) is 8.15. The summed E-state index contributed by atoms with van der Waals surface area (Å²) < 4.78 is 18.2. The van der Waals surface area contributed by atoms with E-state index in [1.807, 2.05) is 0 Å². The molecule has 0 saturated carbocycles. The Labute approximate surface area is 100 Å². The summed E-state index contributed by atoms with van der Waals surface area (Å²) in [6.45, 7) is 3.00. The number of hydrogen-bond acceptors (Lipinski definition) is 3. The highest BCUT2D eigenvalue weighted by molar-refractivity contribution is 5.93. The zero-order valence-electron chi connectivity index (χ0n) is 10.0. The molecular weight excluding hydrogens is 223 g/mol. The van der Waals surface area contributed by atoms with E-state index >= 15 is 0 Å². The summed E-state index contributed by atoms with van der Waals surface area (Å²) in [7, 11) is 1.59. The van der Waals surface area contributed by atoms with Gasteiger partial charge in [-0.05, 0) is 18.6 Å². The fourth-order valence-electron chi connectivity index (χ4n) is 1.35. The van der Waals surface area contributed by atoms with Crippen molar-refractivity contribution in [3.05, 3.63) is 29.6 Å². The summed E-state index contributed by atoms with van der Waals surface area (Å²) in [6.07, 6.45) is 0. The molecule has 0 atom stereocenters. The Morgan fingerprint density at radius 1 is 1.47 bits per heavy atom. The molecule has 17 heavy (non-hydrogen) atoms. The average molecular weight is 240 g/mol. The lowest BCUT2D eigenvalue weighted by Crippen LogP contribution is -2.30. The van der Waals surface area contributed by atoms with E-state index in [4.69, 9.17) is 4.74 Å². The summed E-state index contributed by atoms with van der Waals surface area (Å²) >= 11 is 0. The van der Waals surface area contributed by atoms with Crippen LogP contribution in [0.1, 0.15) is 5.56 Å². The fourth-order valence-corrected chi connectivity index (χ4v) is 1.35. The van der Waals surface area contributed by atoms with Crippen molar-refractivity contribution >= 4 is 11.6 Å². The van der Waals surface area contributed by atoms with E-state index < -0.39 is 5.82 Å². The van der Waals surface area contributed by atoms with Gasteiger partial charge in [-0.25, -0.2) is 4.39 Å². The zero-order chi connectivity index (χ0) is 12.7. The number of hydrogen-bond donors (Lipinski definition) is 2. The second-order valence-corrected chi connectivity index (χ2v) is 3.65. The maximum atomic E-state index is 13.4. The average Bonchev–Trinajstić information content (AvgIpc) is 2.30. The van der Waals surface area contributed by atoms with E-state index in [2.05, 4.69) is 10.6 Å². The highest BCUT2D eigenvalue weighted by atomic mass is 19.1. The molecule has 94 valence electrons. The number of anilines is 1. The lowest BCUT2D eigenvalue weighted by atomic mass is 10.2. The molecule has 0 aliphatic carbocycles. The molecular formula is C12H17FN2O2. The SMILES string of the molecule is COCCNCC(=O)Nc1c(C)cccc1F. The quantitative estimate of drug-likeness (QED) is 0.737. The molecule has 0 aliphatic heterocycles. The second-order valence-electron chi connectivity index (χ2n) is 3.65. The summed E-state index contributed by atoms with van der Waals surface area (Å²) in [5.41, 5.74) is 0.946. The molecule has 0 fully saturated rings. The molecule has 0 heterocycles. The third-order valence-corrected chi connectivity index (χ3v) is 2.25. The molecule has 1 rings (SSSR count). The van der Waals surface area contributed by atoms with Gasteiger partial charge in [0.25, 0.3) is 0 Å². The summed E-state index contributed by atoms with van der Waals surface area (Å²) in [5, 5.41) is 5.42. The van der Waals surface area contributed by atoms with Crippen LogP contribution in [-0.4, -0.2) is 32.7 Å². The lowest BCUT2D eigenvalue weighted by molar-refractivity contribution is -0.115. The number of halogens is 1. The van der Waals surface area contributed by atoms with Gasteiger partial charge in [-0.3, -0.25) is 4.79 Å². The van der Waals surface area contributed by atoms with Gasteiger partial charge in [0.2, 0.25) is 5.91 Å². The Morgan fingerprint density at radius 2 is 2.24 bits per heavy atom. The molecule has 0 spiro atoms. The van der Waals surface area contributed by atoms with Crippen LogP contribution in [0, 0.1) is 12.7 Å². The molecule has 0 bridgehead atoms. The zero-order valence-corrected chi connectivity index (χ0v) is 10.0. The number of carbonyl (C=O) groups excluding carboxylic acids is 1. The molecule has 0 aliphatic rings. The van der Waals surface area contributed by atoms with E-state index in [9.17, 15) is 9.18 Å². The minimum absolute atomic E-state index is 0.136. The predicted octanol–water partition coefficient (Wildman–Crippen LogP) is 1.31. The van der Waals surface area contributed by atoms with Gasteiger partial charge in [0.1, 0.15) is 5.82 Å². The largest absolute Gasteiger partial charge is 0.383 e. The summed E-state index contributed by atoms with van der Waals surface area (Å²) in [5.74, 6) is -0.690. The van der Waals surface area contributed by atoms with E-state index in [-0.39, 0.29) is 18.1 Å². The number of para-hydroxylation sites is 1. The minimum Gasteiger partial charge on any atom is -0.383 e. The van der Waals surface area contributed by atoms with Crippen LogP contribution >= 0.6 is 0 Å². The van der Waals surface area contributed by atoms with Crippen LogP contribution in [0.3, 0.4) is 0 Å². The first-order valence-corrected chi connectivity index (χ1v) is 5.39. The van der Waals surface area contributed by atoms with Crippen LogP contribution in [0.15, 0.2) is 18.2 Å². The van der Waals surface area contributed by atoms with Gasteiger partial charge >= 0.3 is 0 Å². The molecule has 1 aromatic rings. The van der Waals surface area contributed by atoms with Gasteiger partial charge in [-0.15, -0.1) is 0 Å². The number of rotatable bonds is 6. The van der Waals surface area contributed by atoms with Gasteiger partial charge < -0.3 is 15.4 Å². The molecule has 0 unspecified atom stereocenters. The number of methoxy groups -OCH3 is 1. The highest BCUT2D eigenvalue weighted by Gasteiger charge is 2.08. The molecule has 5 heteroatoms. The van der Waals surface area contributed by atoms with Crippen molar-refractivity contribution < 1.29 is 13.9 Å². The molecule has 2 N–H and O–H groups in total. The number of carbonyl (C=O) groups is 1. The van der Waals surface area contributed by atoms with Crippen LogP contribution in [0.5, 0.6) is 0 Å². The van der Waals surface area contributed by atoms with Crippen molar-refractivity contribution in [1.29, 1.82) is 0 Å². The number of aryl methyl sites for hydroxylation is 1. The van der Waals surface area contributed by atoms with Crippen molar-refractivity contribution in [1.82, 2.24) is 5.32 Å². The number of nitrogens with one attached hydrogen (secondary N) is 2. The van der Waals surface area contributed by atoms with Crippen LogP contribution in [0.25, 0.3) is 0 Å². The second kappa shape index (κ2) is 6.98. The van der Waals surface area contributed by atoms with Crippen LogP contribution in [0.2, 0.25) is 0 Å². The third kappa shape index (κ3) is 4.50. The lowest BCUT2D eigenvalue weighted by Gasteiger charge is -2.09. The number of amides is 1. The first-order valence-electron chi connectivity index (χ1n) is 5.39. The van der Waals surface area contributed by atoms with Crippen molar-refractivity contribution in [2.45, 2.75) is 6.92 Å². The molecule has 1 aromatic carbocycles. The molecule has 1 amide bonds. The van der Waals surface area contributed by atoms with E-state index in [0.717, 1.165) is 0 Å². The van der Waals surface area contributed by atoms with Gasteiger partial charge in [-0.1, -0.05) is 12.1 Å².